The molecule has 1 aliphatic rings. The third-order valence-corrected chi connectivity index (χ3v) is 6.11. The van der Waals surface area contributed by atoms with Gasteiger partial charge in [-0.1, -0.05) is 18.3 Å². The van der Waals surface area contributed by atoms with Crippen LogP contribution in [0.2, 0.25) is 0 Å². The van der Waals surface area contributed by atoms with Gasteiger partial charge >= 0.3 is 0 Å². The summed E-state index contributed by atoms with van der Waals surface area (Å²) < 4.78 is 8.23. The van der Waals surface area contributed by atoms with Crippen LogP contribution in [0.15, 0.2) is 24.3 Å². The quantitative estimate of drug-likeness (QED) is 0.691. The summed E-state index contributed by atoms with van der Waals surface area (Å²) >= 11 is 1.67. The van der Waals surface area contributed by atoms with Crippen LogP contribution in [0.3, 0.4) is 0 Å². The molecule has 7 nitrogen and oxygen atoms in total. The number of methoxy groups -OCH3 is 1. The Balaban J connectivity index is 1.60. The highest BCUT2D eigenvalue weighted by molar-refractivity contribution is 7.22. The topological polar surface area (TPSA) is 63.5 Å². The number of hydrogen-bond donors (Lipinski definition) is 0. The van der Waals surface area contributed by atoms with Gasteiger partial charge in [-0.3, -0.25) is 4.79 Å². The molecule has 1 fully saturated rings. The summed E-state index contributed by atoms with van der Waals surface area (Å²) in [4.78, 5) is 21.0. The molecule has 0 saturated carbocycles. The molecule has 4 rings (SSSR count). The first-order chi connectivity index (χ1) is 13.1. The Morgan fingerprint density at radius 3 is 2.52 bits per heavy atom. The van der Waals surface area contributed by atoms with Crippen molar-refractivity contribution >= 4 is 32.7 Å². The van der Waals surface area contributed by atoms with Gasteiger partial charge in [0.15, 0.2) is 10.8 Å². The molecular weight excluding hydrogens is 362 g/mol. The SMILES string of the molecule is CCC(=O)N1CCN(c2nc3c(s2)c(C)nn3-c2ccc(OC)cc2)CC1. The summed E-state index contributed by atoms with van der Waals surface area (Å²) in [6, 6.07) is 7.82. The maximum absolute atomic E-state index is 11.9. The minimum absolute atomic E-state index is 0.227. The van der Waals surface area contributed by atoms with E-state index in [9.17, 15) is 4.79 Å². The van der Waals surface area contributed by atoms with Crippen molar-refractivity contribution in [2.75, 3.05) is 38.2 Å². The number of carbonyl (C=O) groups excluding carboxylic acids is 1. The number of amides is 1. The maximum atomic E-state index is 11.9. The standard InChI is InChI=1S/C19H23N5O2S/c1-4-16(25)22-9-11-23(12-10-22)19-20-18-17(27-19)13(2)21-24(18)14-5-7-15(26-3)8-6-14/h5-8H,4,9-12H2,1-3H3. The summed E-state index contributed by atoms with van der Waals surface area (Å²) in [5.41, 5.74) is 2.82. The fourth-order valence-corrected chi connectivity index (χ4v) is 4.37. The van der Waals surface area contributed by atoms with E-state index < -0.39 is 0 Å². The Labute approximate surface area is 162 Å². The number of benzene rings is 1. The van der Waals surface area contributed by atoms with Crippen LogP contribution < -0.4 is 9.64 Å². The van der Waals surface area contributed by atoms with Gasteiger partial charge in [-0.05, 0) is 31.2 Å². The number of anilines is 1. The predicted molar refractivity (Wildman–Crippen MR) is 107 cm³/mol. The second-order valence-corrected chi connectivity index (χ2v) is 7.54. The number of hydrogen-bond acceptors (Lipinski definition) is 6. The summed E-state index contributed by atoms with van der Waals surface area (Å²) in [7, 11) is 1.66. The van der Waals surface area contributed by atoms with Crippen molar-refractivity contribution in [3.63, 3.8) is 0 Å². The van der Waals surface area contributed by atoms with E-state index in [2.05, 4.69) is 10.00 Å². The second-order valence-electron chi connectivity index (χ2n) is 6.57. The number of fused-ring (bicyclic) bond motifs is 1. The van der Waals surface area contributed by atoms with Gasteiger partial charge in [-0.2, -0.15) is 10.1 Å². The molecule has 0 unspecified atom stereocenters. The number of piperazine rings is 1. The Hall–Kier alpha value is -2.61. The van der Waals surface area contributed by atoms with Gasteiger partial charge in [0.1, 0.15) is 5.75 Å². The molecule has 3 heterocycles. The summed E-state index contributed by atoms with van der Waals surface area (Å²) in [6.45, 7) is 7.07. The maximum Gasteiger partial charge on any atom is 0.222 e. The number of carbonyl (C=O) groups is 1. The largest absolute Gasteiger partial charge is 0.497 e. The predicted octanol–water partition coefficient (Wildman–Crippen LogP) is 2.86. The first-order valence-electron chi connectivity index (χ1n) is 9.14. The molecule has 2 aromatic heterocycles. The molecule has 0 atom stereocenters. The van der Waals surface area contributed by atoms with Crippen molar-refractivity contribution in [1.29, 1.82) is 0 Å². The average Bonchev–Trinajstić information content (AvgIpc) is 3.28. The van der Waals surface area contributed by atoms with Crippen molar-refractivity contribution in [2.45, 2.75) is 20.3 Å². The molecule has 142 valence electrons. The highest BCUT2D eigenvalue weighted by Gasteiger charge is 2.24. The smallest absolute Gasteiger partial charge is 0.222 e. The highest BCUT2D eigenvalue weighted by atomic mass is 32.1. The molecule has 0 bridgehead atoms. The zero-order chi connectivity index (χ0) is 19.0. The fraction of sp³-hybridized carbons (Fsp3) is 0.421. The van der Waals surface area contributed by atoms with Gasteiger partial charge in [-0.15, -0.1) is 0 Å². The third kappa shape index (κ3) is 3.25. The summed E-state index contributed by atoms with van der Waals surface area (Å²) in [5, 5.41) is 5.66. The lowest BCUT2D eigenvalue weighted by atomic mass is 10.3. The second kappa shape index (κ2) is 7.19. The van der Waals surface area contributed by atoms with Crippen LogP contribution >= 0.6 is 11.3 Å². The molecule has 0 N–H and O–H groups in total. The normalized spacial score (nSPS) is 14.8. The summed E-state index contributed by atoms with van der Waals surface area (Å²) in [6.07, 6.45) is 0.567. The van der Waals surface area contributed by atoms with Crippen molar-refractivity contribution < 1.29 is 9.53 Å². The number of thiazole rings is 1. The molecule has 8 heteroatoms. The van der Waals surface area contributed by atoms with E-state index in [-0.39, 0.29) is 5.91 Å². The van der Waals surface area contributed by atoms with E-state index in [4.69, 9.17) is 9.72 Å². The fourth-order valence-electron chi connectivity index (χ4n) is 3.33. The lowest BCUT2D eigenvalue weighted by Gasteiger charge is -2.34. The van der Waals surface area contributed by atoms with Gasteiger partial charge < -0.3 is 14.5 Å². The Morgan fingerprint density at radius 1 is 1.19 bits per heavy atom. The van der Waals surface area contributed by atoms with Gasteiger partial charge in [-0.25, -0.2) is 4.68 Å². The number of rotatable bonds is 4. The van der Waals surface area contributed by atoms with Gasteiger partial charge in [0.2, 0.25) is 5.91 Å². The van der Waals surface area contributed by atoms with Crippen LogP contribution in [0.4, 0.5) is 5.13 Å². The van der Waals surface area contributed by atoms with E-state index in [1.807, 2.05) is 47.7 Å². The molecule has 1 aromatic carbocycles. The zero-order valence-electron chi connectivity index (χ0n) is 15.8. The molecule has 0 spiro atoms. The molecule has 1 saturated heterocycles. The molecule has 3 aromatic rings. The van der Waals surface area contributed by atoms with E-state index in [1.165, 1.54) is 0 Å². The van der Waals surface area contributed by atoms with Gasteiger partial charge in [0.25, 0.3) is 0 Å². The lowest BCUT2D eigenvalue weighted by Crippen LogP contribution is -2.48. The number of aromatic nitrogens is 3. The van der Waals surface area contributed by atoms with E-state index in [1.54, 1.807) is 18.4 Å². The molecule has 0 aliphatic carbocycles. The first kappa shape index (κ1) is 17.8. The Kier molecular flexibility index (Phi) is 4.73. The van der Waals surface area contributed by atoms with Crippen molar-refractivity contribution in [3.8, 4) is 11.4 Å². The van der Waals surface area contributed by atoms with Crippen LogP contribution in [-0.2, 0) is 4.79 Å². The van der Waals surface area contributed by atoms with Crippen LogP contribution in [0.5, 0.6) is 5.75 Å². The van der Waals surface area contributed by atoms with Crippen molar-refractivity contribution in [1.82, 2.24) is 19.7 Å². The molecule has 27 heavy (non-hydrogen) atoms. The van der Waals surface area contributed by atoms with Crippen LogP contribution in [0.25, 0.3) is 16.0 Å². The van der Waals surface area contributed by atoms with E-state index in [0.29, 0.717) is 6.42 Å². The molecular formula is C19H23N5O2S. The lowest BCUT2D eigenvalue weighted by molar-refractivity contribution is -0.131. The van der Waals surface area contributed by atoms with Crippen LogP contribution in [0, 0.1) is 6.92 Å². The molecule has 0 radical (unpaired) electrons. The number of aryl methyl sites for hydroxylation is 1. The molecule has 1 aliphatic heterocycles. The van der Waals surface area contributed by atoms with Crippen molar-refractivity contribution in [3.05, 3.63) is 30.0 Å². The number of ether oxygens (including phenoxy) is 1. The Bertz CT molecular complexity index is 955. The van der Waals surface area contributed by atoms with Crippen LogP contribution in [0.1, 0.15) is 19.0 Å². The van der Waals surface area contributed by atoms with Crippen molar-refractivity contribution in [2.24, 2.45) is 0 Å². The third-order valence-electron chi connectivity index (χ3n) is 4.90. The highest BCUT2D eigenvalue weighted by Crippen LogP contribution is 2.33. The minimum atomic E-state index is 0.227. The average molecular weight is 385 g/mol. The summed E-state index contributed by atoms with van der Waals surface area (Å²) in [5.74, 6) is 1.04. The van der Waals surface area contributed by atoms with Crippen LogP contribution in [-0.4, -0.2) is 58.9 Å². The van der Waals surface area contributed by atoms with E-state index >= 15 is 0 Å². The number of nitrogens with zero attached hydrogens (tertiary/aromatic N) is 5. The minimum Gasteiger partial charge on any atom is -0.497 e. The Morgan fingerprint density at radius 2 is 1.89 bits per heavy atom. The molecule has 1 amide bonds. The van der Waals surface area contributed by atoms with Gasteiger partial charge in [0.05, 0.1) is 23.2 Å². The first-order valence-corrected chi connectivity index (χ1v) is 9.95. The monoisotopic (exact) mass is 385 g/mol. The zero-order valence-corrected chi connectivity index (χ0v) is 16.6. The van der Waals surface area contributed by atoms with E-state index in [0.717, 1.165) is 58.8 Å². The van der Waals surface area contributed by atoms with Gasteiger partial charge in [0, 0.05) is 32.6 Å².